The predicted molar refractivity (Wildman–Crippen MR) is 34.1 cm³/mol. The smallest absolute Gasteiger partial charge is 0.0844 e. The third-order valence-electron chi connectivity index (χ3n) is 0.777. The van der Waals surface area contributed by atoms with Gasteiger partial charge in [0.1, 0.15) is 0 Å². The first-order chi connectivity index (χ1) is 4.41. The first-order valence-electron chi connectivity index (χ1n) is 3.15. The van der Waals surface area contributed by atoms with Crippen LogP contribution in [0.5, 0.6) is 0 Å². The minimum Gasteiger partial charge on any atom is -0.385 e. The molecule has 0 aromatic rings. The molecule has 0 bridgehead atoms. The van der Waals surface area contributed by atoms with E-state index in [0.29, 0.717) is 13.2 Å². The Morgan fingerprint density at radius 3 is 2.44 bits per heavy atom. The molecule has 0 radical (unpaired) electrons. The molecule has 0 atom stereocenters. The van der Waals surface area contributed by atoms with Crippen molar-refractivity contribution < 1.29 is 14.5 Å². The molecule has 9 heavy (non-hydrogen) atoms. The van der Waals surface area contributed by atoms with Crippen molar-refractivity contribution in [2.75, 3.05) is 26.9 Å². The fraction of sp³-hybridized carbons (Fsp3) is 1.00. The van der Waals surface area contributed by atoms with E-state index in [1.807, 2.05) is 6.92 Å². The molecular formula is C6H14O3. The summed E-state index contributed by atoms with van der Waals surface area (Å²) in [6.45, 7) is 3.83. The Balaban J connectivity index is 2.60. The van der Waals surface area contributed by atoms with Crippen LogP contribution in [0.1, 0.15) is 13.3 Å². The predicted octanol–water partition coefficient (Wildman–Crippen LogP) is 0.991. The zero-order valence-corrected chi connectivity index (χ0v) is 6.05. The Morgan fingerprint density at radius 2 is 1.89 bits per heavy atom. The van der Waals surface area contributed by atoms with Crippen molar-refractivity contribution in [1.29, 1.82) is 0 Å². The van der Waals surface area contributed by atoms with E-state index in [4.69, 9.17) is 9.62 Å². The summed E-state index contributed by atoms with van der Waals surface area (Å²) < 4.78 is 4.79. The van der Waals surface area contributed by atoms with Crippen molar-refractivity contribution >= 4 is 0 Å². The molecular weight excluding hydrogens is 120 g/mol. The van der Waals surface area contributed by atoms with Gasteiger partial charge in [-0.15, -0.1) is 0 Å². The molecule has 0 rings (SSSR count). The van der Waals surface area contributed by atoms with Crippen LogP contribution in [-0.4, -0.2) is 26.9 Å². The highest BCUT2D eigenvalue weighted by atomic mass is 17.2. The first kappa shape index (κ1) is 8.88. The van der Waals surface area contributed by atoms with Crippen molar-refractivity contribution in [3.63, 3.8) is 0 Å². The molecule has 0 heterocycles. The van der Waals surface area contributed by atoms with Gasteiger partial charge in [0.05, 0.1) is 13.2 Å². The highest BCUT2D eigenvalue weighted by Gasteiger charge is 1.85. The van der Waals surface area contributed by atoms with E-state index in [1.54, 1.807) is 7.11 Å². The third-order valence-corrected chi connectivity index (χ3v) is 0.777. The van der Waals surface area contributed by atoms with E-state index < -0.39 is 0 Å². The molecule has 0 aliphatic heterocycles. The van der Waals surface area contributed by atoms with Crippen LogP contribution in [0, 0.1) is 0 Å². The molecule has 0 aromatic carbocycles. The Hall–Kier alpha value is -0.120. The van der Waals surface area contributed by atoms with E-state index >= 15 is 0 Å². The van der Waals surface area contributed by atoms with Crippen molar-refractivity contribution in [2.45, 2.75) is 13.3 Å². The number of ether oxygens (including phenoxy) is 1. The van der Waals surface area contributed by atoms with Crippen LogP contribution >= 0.6 is 0 Å². The molecule has 0 saturated heterocycles. The van der Waals surface area contributed by atoms with Gasteiger partial charge >= 0.3 is 0 Å². The first-order valence-corrected chi connectivity index (χ1v) is 3.15. The van der Waals surface area contributed by atoms with Gasteiger partial charge in [0.2, 0.25) is 0 Å². The molecule has 0 saturated carbocycles. The second kappa shape index (κ2) is 7.88. The van der Waals surface area contributed by atoms with Gasteiger partial charge in [-0.3, -0.25) is 0 Å². The van der Waals surface area contributed by atoms with E-state index in [1.165, 1.54) is 0 Å². The standard InChI is InChI=1S/C6H14O3/c1-3-8-9-6-4-5-7-2/h3-6H2,1-2H3. The molecule has 0 N–H and O–H groups in total. The van der Waals surface area contributed by atoms with Gasteiger partial charge in [0, 0.05) is 13.7 Å². The molecule has 0 aliphatic carbocycles. The van der Waals surface area contributed by atoms with Gasteiger partial charge in [-0.05, 0) is 13.3 Å². The SMILES string of the molecule is CCOOCCCOC. The van der Waals surface area contributed by atoms with Crippen molar-refractivity contribution in [3.05, 3.63) is 0 Å². The Bertz CT molecular complexity index is 41.6. The maximum atomic E-state index is 4.79. The zero-order valence-electron chi connectivity index (χ0n) is 6.05. The molecule has 3 nitrogen and oxygen atoms in total. The minimum absolute atomic E-state index is 0.604. The Kier molecular flexibility index (Phi) is 7.77. The zero-order chi connectivity index (χ0) is 6.95. The summed E-state index contributed by atoms with van der Waals surface area (Å²) in [6.07, 6.45) is 0.885. The summed E-state index contributed by atoms with van der Waals surface area (Å²) in [6, 6.07) is 0. The van der Waals surface area contributed by atoms with Crippen LogP contribution in [0.4, 0.5) is 0 Å². The summed E-state index contributed by atoms with van der Waals surface area (Å²) in [7, 11) is 1.67. The number of methoxy groups -OCH3 is 1. The van der Waals surface area contributed by atoms with E-state index in [0.717, 1.165) is 13.0 Å². The normalized spacial score (nSPS) is 10.0. The quantitative estimate of drug-likeness (QED) is 0.308. The lowest BCUT2D eigenvalue weighted by Gasteiger charge is -1.99. The summed E-state index contributed by atoms with van der Waals surface area (Å²) >= 11 is 0. The number of hydrogen-bond donors (Lipinski definition) is 0. The minimum atomic E-state index is 0.604. The molecule has 3 heteroatoms. The van der Waals surface area contributed by atoms with Gasteiger partial charge in [0.15, 0.2) is 0 Å². The molecule has 0 unspecified atom stereocenters. The largest absolute Gasteiger partial charge is 0.385 e. The van der Waals surface area contributed by atoms with Gasteiger partial charge in [0.25, 0.3) is 0 Å². The van der Waals surface area contributed by atoms with Crippen LogP contribution in [0.2, 0.25) is 0 Å². The fourth-order valence-electron chi connectivity index (χ4n) is 0.404. The fourth-order valence-corrected chi connectivity index (χ4v) is 0.404. The number of hydrogen-bond acceptors (Lipinski definition) is 3. The maximum absolute atomic E-state index is 4.79. The van der Waals surface area contributed by atoms with Gasteiger partial charge < -0.3 is 4.74 Å². The lowest BCUT2D eigenvalue weighted by molar-refractivity contribution is -0.292. The van der Waals surface area contributed by atoms with Gasteiger partial charge in [-0.25, -0.2) is 9.78 Å². The van der Waals surface area contributed by atoms with Crippen molar-refractivity contribution in [1.82, 2.24) is 0 Å². The number of rotatable bonds is 6. The average Bonchev–Trinajstić information content (AvgIpc) is 1.89. The highest BCUT2D eigenvalue weighted by molar-refractivity contribution is 4.27. The van der Waals surface area contributed by atoms with Crippen LogP contribution in [0.15, 0.2) is 0 Å². The molecule has 0 spiro atoms. The monoisotopic (exact) mass is 134 g/mol. The average molecular weight is 134 g/mol. The molecule has 0 amide bonds. The summed E-state index contributed by atoms with van der Waals surface area (Å²) in [5.41, 5.74) is 0. The summed E-state index contributed by atoms with van der Waals surface area (Å²) in [5.74, 6) is 0. The van der Waals surface area contributed by atoms with E-state index in [2.05, 4.69) is 4.89 Å². The van der Waals surface area contributed by atoms with Crippen molar-refractivity contribution in [2.24, 2.45) is 0 Å². The van der Waals surface area contributed by atoms with Crippen LogP contribution in [0.25, 0.3) is 0 Å². The van der Waals surface area contributed by atoms with E-state index in [9.17, 15) is 0 Å². The summed E-state index contributed by atoms with van der Waals surface area (Å²) in [5, 5.41) is 0. The second-order valence-corrected chi connectivity index (χ2v) is 1.57. The lowest BCUT2D eigenvalue weighted by atomic mass is 10.5. The molecule has 0 aromatic heterocycles. The highest BCUT2D eigenvalue weighted by Crippen LogP contribution is 1.83. The second-order valence-electron chi connectivity index (χ2n) is 1.57. The van der Waals surface area contributed by atoms with Crippen molar-refractivity contribution in [3.8, 4) is 0 Å². The summed E-state index contributed by atoms with van der Waals surface area (Å²) in [4.78, 5) is 9.33. The Morgan fingerprint density at radius 1 is 1.11 bits per heavy atom. The van der Waals surface area contributed by atoms with Crippen LogP contribution < -0.4 is 0 Å². The molecule has 56 valence electrons. The van der Waals surface area contributed by atoms with Crippen LogP contribution in [0.3, 0.4) is 0 Å². The maximum Gasteiger partial charge on any atom is 0.0844 e. The molecule has 0 aliphatic rings. The van der Waals surface area contributed by atoms with Gasteiger partial charge in [-0.2, -0.15) is 0 Å². The third kappa shape index (κ3) is 7.88. The molecule has 0 fully saturated rings. The topological polar surface area (TPSA) is 27.7 Å². The van der Waals surface area contributed by atoms with E-state index in [-0.39, 0.29) is 0 Å². The van der Waals surface area contributed by atoms with Gasteiger partial charge in [-0.1, -0.05) is 0 Å². The Labute approximate surface area is 55.8 Å². The van der Waals surface area contributed by atoms with Crippen LogP contribution in [-0.2, 0) is 14.5 Å². The lowest BCUT2D eigenvalue weighted by Crippen LogP contribution is -1.99.